The summed E-state index contributed by atoms with van der Waals surface area (Å²) in [6, 6.07) is 0. The second kappa shape index (κ2) is 17.8. The summed E-state index contributed by atoms with van der Waals surface area (Å²) in [5.41, 5.74) is -0.278. The Labute approximate surface area is 379 Å². The molecule has 0 amide bonds. The Morgan fingerprint density at radius 3 is 2.12 bits per heavy atom. The Bertz CT molecular complexity index is 1830. The average Bonchev–Trinajstić information content (AvgIpc) is 3.28. The van der Waals surface area contributed by atoms with Gasteiger partial charge in [0.1, 0.15) is 73.4 Å². The van der Waals surface area contributed by atoms with Crippen LogP contribution in [0.5, 0.6) is 0 Å². The Morgan fingerprint density at radius 2 is 1.43 bits per heavy atom. The maximum atomic E-state index is 14.8. The van der Waals surface area contributed by atoms with Gasteiger partial charge in [-0.1, -0.05) is 51.5 Å². The zero-order valence-corrected chi connectivity index (χ0v) is 38.1. The van der Waals surface area contributed by atoms with Crippen molar-refractivity contribution < 1.29 is 89.1 Å². The van der Waals surface area contributed by atoms with Gasteiger partial charge in [-0.05, 0) is 99.2 Å². The minimum Gasteiger partial charge on any atom is -0.432 e. The molecule has 0 aromatic rings. The van der Waals surface area contributed by atoms with Crippen LogP contribution in [0.4, 0.5) is 0 Å². The second-order valence-corrected chi connectivity index (χ2v) is 21.7. The number of fused-ring (bicyclic) bond motifs is 7. The third-order valence-electron chi connectivity index (χ3n) is 18.6. The maximum Gasteiger partial charge on any atom is 0.315 e. The molecule has 0 aromatic heterocycles. The van der Waals surface area contributed by atoms with Crippen LogP contribution in [-0.4, -0.2) is 175 Å². The lowest BCUT2D eigenvalue weighted by Gasteiger charge is -2.70. The summed E-state index contributed by atoms with van der Waals surface area (Å²) in [7, 11) is 0. The molecular weight excluding hydrogens is 852 g/mol. The molecule has 10 N–H and O–H groups in total. The first kappa shape index (κ1) is 49.4. The molecule has 18 nitrogen and oxygen atoms in total. The van der Waals surface area contributed by atoms with Crippen LogP contribution < -0.4 is 0 Å². The first-order valence-electron chi connectivity index (χ1n) is 23.5. The van der Waals surface area contributed by atoms with Gasteiger partial charge in [0.15, 0.2) is 12.6 Å². The number of rotatable bonds is 9. The summed E-state index contributed by atoms with van der Waals surface area (Å²) in [6.07, 6.45) is -15.1. The third-order valence-corrected chi connectivity index (χ3v) is 18.6. The van der Waals surface area contributed by atoms with Gasteiger partial charge in [-0.15, -0.1) is 0 Å². The zero-order chi connectivity index (χ0) is 47.3. The summed E-state index contributed by atoms with van der Waals surface area (Å²) in [6.45, 7) is 13.3. The molecule has 0 radical (unpaired) electrons. The SMILES string of the molecule is C=C1CC[C@]2(C(=O)O[C@@H]3O[C@H](CO[C@@H]4O[C@H](CO)[C@@H](O[C@@H]5O[C@H](C)[C@H](O)[C@@H](O)[C@H]5O)[C@@H](O)[C@H]4O)[C@@H](O)[C@@H](O)[C@H]3O)CC[C@]3(C)C(=CCC4[C@@]5(C)CC[C@H](O)[C@@](C)(C=O)C5CC[C@]43C)[C@@H]2C1. The molecule has 3 heterocycles. The number of carbonyl (C=O) groups excluding carboxylic acids is 2. The second-order valence-electron chi connectivity index (χ2n) is 21.7. The van der Waals surface area contributed by atoms with Crippen molar-refractivity contribution in [2.75, 3.05) is 13.2 Å². The lowest BCUT2D eigenvalue weighted by Crippen LogP contribution is -2.65. The first-order valence-corrected chi connectivity index (χ1v) is 23.5. The first-order chi connectivity index (χ1) is 30.5. The van der Waals surface area contributed by atoms with E-state index in [2.05, 4.69) is 33.4 Å². The maximum absolute atomic E-state index is 14.8. The number of aldehydes is 1. The van der Waals surface area contributed by atoms with Crippen molar-refractivity contribution in [3.8, 4) is 0 Å². The van der Waals surface area contributed by atoms with E-state index in [1.54, 1.807) is 0 Å². The predicted octanol–water partition coefficient (Wildman–Crippen LogP) is -0.123. The molecule has 5 aliphatic carbocycles. The smallest absolute Gasteiger partial charge is 0.315 e. The number of aliphatic hydroxyl groups excluding tert-OH is 10. The minimum absolute atomic E-state index is 0.0385. The van der Waals surface area contributed by atoms with Crippen molar-refractivity contribution in [2.45, 2.75) is 197 Å². The van der Waals surface area contributed by atoms with Crippen LogP contribution in [0.25, 0.3) is 0 Å². The quantitative estimate of drug-likeness (QED) is 0.0819. The highest BCUT2D eigenvalue weighted by Crippen LogP contribution is 2.75. The standard InChI is InChI=1S/C47H72O18/c1-21-9-14-47(16-15-45(5)23(24(47)17-21)7-8-28-43(3)12-11-29(50)44(4,20-49)27(43)10-13-46(28,45)6)42(59)65-41-36(57)33(54)31(52)26(63-41)19-60-39-37(58)34(55)38(25(18-48)62-39)64-40-35(56)32(53)30(51)22(2)61-40/h7,20,22,24-41,48,50-58H,1,8-19H2,2-6H3/t22-,24+,25-,26-,27?,28?,29+,30+,31-,32-,33-,34+,35-,36-,37-,38-,39-,40+,41+,43+,44+,45-,46-,47+/m1/s1. The molecule has 8 aliphatic rings. The van der Waals surface area contributed by atoms with E-state index in [0.29, 0.717) is 38.5 Å². The highest BCUT2D eigenvalue weighted by Gasteiger charge is 2.70. The molecule has 3 saturated heterocycles. The Hall–Kier alpha value is -1.98. The van der Waals surface area contributed by atoms with E-state index in [0.717, 1.165) is 37.5 Å². The van der Waals surface area contributed by atoms with Gasteiger partial charge in [0.25, 0.3) is 0 Å². The van der Waals surface area contributed by atoms with Gasteiger partial charge in [-0.3, -0.25) is 4.79 Å². The number of carbonyl (C=O) groups is 2. The van der Waals surface area contributed by atoms with E-state index in [-0.39, 0.29) is 34.0 Å². The van der Waals surface area contributed by atoms with Crippen molar-refractivity contribution in [1.29, 1.82) is 0 Å². The van der Waals surface area contributed by atoms with Crippen molar-refractivity contribution in [2.24, 2.45) is 44.8 Å². The highest BCUT2D eigenvalue weighted by atomic mass is 16.8. The molecule has 2 unspecified atom stereocenters. The van der Waals surface area contributed by atoms with Crippen molar-refractivity contribution in [3.05, 3.63) is 23.8 Å². The van der Waals surface area contributed by atoms with Crippen molar-refractivity contribution in [3.63, 3.8) is 0 Å². The summed E-state index contributed by atoms with van der Waals surface area (Å²) in [5, 5.41) is 107. The normalized spacial score (nSPS) is 54.5. The number of hydrogen-bond donors (Lipinski definition) is 10. The lowest BCUT2D eigenvalue weighted by molar-refractivity contribution is -0.361. The van der Waals surface area contributed by atoms with Crippen molar-refractivity contribution >= 4 is 12.3 Å². The monoisotopic (exact) mass is 924 g/mol. The van der Waals surface area contributed by atoms with Gasteiger partial charge in [-0.2, -0.15) is 0 Å². The molecule has 7 fully saturated rings. The fourth-order valence-electron chi connectivity index (χ4n) is 14.3. The van der Waals surface area contributed by atoms with Crippen LogP contribution in [0, 0.1) is 44.8 Å². The Balaban J connectivity index is 0.966. The zero-order valence-electron chi connectivity index (χ0n) is 38.1. The van der Waals surface area contributed by atoms with E-state index in [9.17, 15) is 60.7 Å². The van der Waals surface area contributed by atoms with Crippen LogP contribution >= 0.6 is 0 Å². The molecule has 65 heavy (non-hydrogen) atoms. The van der Waals surface area contributed by atoms with Gasteiger partial charge >= 0.3 is 5.97 Å². The van der Waals surface area contributed by atoms with Gasteiger partial charge in [-0.25, -0.2) is 0 Å². The van der Waals surface area contributed by atoms with E-state index in [4.69, 9.17) is 28.4 Å². The lowest BCUT2D eigenvalue weighted by atomic mass is 9.34. The van der Waals surface area contributed by atoms with Crippen LogP contribution in [0.2, 0.25) is 0 Å². The predicted molar refractivity (Wildman–Crippen MR) is 225 cm³/mol. The number of ether oxygens (including phenoxy) is 6. The fourth-order valence-corrected chi connectivity index (χ4v) is 14.3. The molecule has 3 aliphatic heterocycles. The van der Waals surface area contributed by atoms with Crippen LogP contribution in [0.3, 0.4) is 0 Å². The molecule has 0 aromatic carbocycles. The van der Waals surface area contributed by atoms with Crippen LogP contribution in [0.1, 0.15) is 98.8 Å². The molecule has 8 rings (SSSR count). The number of hydrogen-bond acceptors (Lipinski definition) is 18. The van der Waals surface area contributed by atoms with E-state index >= 15 is 0 Å². The summed E-state index contributed by atoms with van der Waals surface area (Å²) < 4.78 is 34.6. The Kier molecular flexibility index (Phi) is 13.5. The topological polar surface area (TPSA) is 292 Å². The van der Waals surface area contributed by atoms with Gasteiger partial charge in [0, 0.05) is 5.92 Å². The number of esters is 1. The van der Waals surface area contributed by atoms with Gasteiger partial charge in [0.2, 0.25) is 6.29 Å². The average molecular weight is 925 g/mol. The van der Waals surface area contributed by atoms with Crippen LogP contribution in [0.15, 0.2) is 23.8 Å². The van der Waals surface area contributed by atoms with E-state index in [1.165, 1.54) is 12.5 Å². The molecule has 0 spiro atoms. The van der Waals surface area contributed by atoms with Crippen LogP contribution in [-0.2, 0) is 38.0 Å². The largest absolute Gasteiger partial charge is 0.432 e. The van der Waals surface area contributed by atoms with Crippen molar-refractivity contribution in [1.82, 2.24) is 0 Å². The minimum atomic E-state index is -1.86. The molecule has 4 saturated carbocycles. The summed E-state index contributed by atoms with van der Waals surface area (Å²) in [5.74, 6) is -0.591. The molecule has 24 atom stereocenters. The summed E-state index contributed by atoms with van der Waals surface area (Å²) in [4.78, 5) is 27.4. The van der Waals surface area contributed by atoms with Gasteiger partial charge < -0.3 is 84.3 Å². The van der Waals surface area contributed by atoms with E-state index in [1.807, 2.05) is 6.92 Å². The molecule has 18 heteroatoms. The molecular formula is C47H72O18. The van der Waals surface area contributed by atoms with Gasteiger partial charge in [0.05, 0.1) is 36.3 Å². The van der Waals surface area contributed by atoms with E-state index < -0.39 is 128 Å². The molecule has 368 valence electrons. The number of allylic oxidation sites excluding steroid dienone is 3. The Morgan fingerprint density at radius 1 is 0.769 bits per heavy atom. The number of aliphatic hydroxyl groups is 10. The summed E-state index contributed by atoms with van der Waals surface area (Å²) >= 11 is 0. The molecule has 0 bridgehead atoms. The highest BCUT2D eigenvalue weighted by molar-refractivity contribution is 5.79. The third kappa shape index (κ3) is 7.64. The fraction of sp³-hybridized carbons (Fsp3) is 0.872.